The second-order valence-electron chi connectivity index (χ2n) is 6.95. The summed E-state index contributed by atoms with van der Waals surface area (Å²) in [4.78, 5) is 11.4. The van der Waals surface area contributed by atoms with Crippen molar-refractivity contribution in [3.8, 4) is 11.5 Å². The van der Waals surface area contributed by atoms with Crippen LogP contribution in [0.25, 0.3) is 0 Å². The van der Waals surface area contributed by atoms with Crippen molar-refractivity contribution >= 4 is 39.2 Å². The molecule has 0 aliphatic rings. The van der Waals surface area contributed by atoms with E-state index in [1.165, 1.54) is 6.07 Å². The summed E-state index contributed by atoms with van der Waals surface area (Å²) in [5.41, 5.74) is 2.78. The first kappa shape index (κ1) is 23.9. The SMILES string of the molecule is CCOc1cc(CNc2cccc(C(=O)O)c2C)c(Br)cc1OCc1c(F)cccc1Cl. The predicted molar refractivity (Wildman–Crippen MR) is 127 cm³/mol. The van der Waals surface area contributed by atoms with E-state index in [0.29, 0.717) is 35.2 Å². The lowest BCUT2D eigenvalue weighted by Crippen LogP contribution is -2.07. The normalized spacial score (nSPS) is 10.7. The minimum atomic E-state index is -0.970. The third kappa shape index (κ3) is 5.53. The Morgan fingerprint density at radius 1 is 1.16 bits per heavy atom. The highest BCUT2D eigenvalue weighted by Gasteiger charge is 2.15. The van der Waals surface area contributed by atoms with E-state index in [0.717, 1.165) is 15.7 Å². The van der Waals surface area contributed by atoms with Crippen molar-refractivity contribution in [1.82, 2.24) is 0 Å². The fourth-order valence-electron chi connectivity index (χ4n) is 3.16. The number of ether oxygens (including phenoxy) is 2. The summed E-state index contributed by atoms with van der Waals surface area (Å²) in [5.74, 6) is -0.446. The Hall–Kier alpha value is -2.77. The van der Waals surface area contributed by atoms with Gasteiger partial charge >= 0.3 is 5.97 Å². The lowest BCUT2D eigenvalue weighted by atomic mass is 10.1. The van der Waals surface area contributed by atoms with Gasteiger partial charge in [0.05, 0.1) is 17.2 Å². The molecule has 32 heavy (non-hydrogen) atoms. The molecule has 0 fully saturated rings. The van der Waals surface area contributed by atoms with E-state index in [1.54, 1.807) is 37.3 Å². The molecule has 0 amide bonds. The molecule has 3 aromatic carbocycles. The van der Waals surface area contributed by atoms with Crippen LogP contribution in [0.4, 0.5) is 10.1 Å². The monoisotopic (exact) mass is 521 g/mol. The van der Waals surface area contributed by atoms with Crippen LogP contribution in [0.3, 0.4) is 0 Å². The molecule has 0 bridgehead atoms. The molecule has 0 saturated heterocycles. The van der Waals surface area contributed by atoms with Crippen LogP contribution in [0.15, 0.2) is 53.0 Å². The number of aromatic carboxylic acids is 1. The summed E-state index contributed by atoms with van der Waals surface area (Å²) in [6.45, 7) is 4.42. The first-order chi connectivity index (χ1) is 15.3. The molecule has 0 atom stereocenters. The number of halogens is 3. The van der Waals surface area contributed by atoms with Crippen molar-refractivity contribution < 1.29 is 23.8 Å². The zero-order valence-corrected chi connectivity index (χ0v) is 19.9. The summed E-state index contributed by atoms with van der Waals surface area (Å²) in [5, 5.41) is 12.9. The third-order valence-corrected chi connectivity index (χ3v) is 5.97. The Morgan fingerprint density at radius 3 is 2.56 bits per heavy atom. The summed E-state index contributed by atoms with van der Waals surface area (Å²) < 4.78 is 26.4. The fraction of sp³-hybridized carbons (Fsp3) is 0.208. The average Bonchev–Trinajstić information content (AvgIpc) is 2.74. The highest BCUT2D eigenvalue weighted by Crippen LogP contribution is 2.35. The van der Waals surface area contributed by atoms with Crippen molar-refractivity contribution in [3.05, 3.63) is 86.1 Å². The molecule has 0 radical (unpaired) electrons. The van der Waals surface area contributed by atoms with Crippen LogP contribution < -0.4 is 14.8 Å². The van der Waals surface area contributed by atoms with Crippen molar-refractivity contribution in [2.75, 3.05) is 11.9 Å². The number of carboxylic acid groups (broad SMARTS) is 1. The second-order valence-corrected chi connectivity index (χ2v) is 8.21. The van der Waals surface area contributed by atoms with Crippen molar-refractivity contribution in [2.45, 2.75) is 27.0 Å². The average molecular weight is 523 g/mol. The number of benzene rings is 3. The van der Waals surface area contributed by atoms with Crippen LogP contribution in [-0.2, 0) is 13.2 Å². The maximum Gasteiger partial charge on any atom is 0.336 e. The van der Waals surface area contributed by atoms with Gasteiger partial charge in [-0.25, -0.2) is 9.18 Å². The maximum absolute atomic E-state index is 14.1. The van der Waals surface area contributed by atoms with Gasteiger partial charge in [0.2, 0.25) is 0 Å². The second kappa shape index (κ2) is 10.7. The van der Waals surface area contributed by atoms with Gasteiger partial charge in [0.25, 0.3) is 0 Å². The number of rotatable bonds is 9. The minimum Gasteiger partial charge on any atom is -0.490 e. The Kier molecular flexibility index (Phi) is 7.99. The molecule has 2 N–H and O–H groups in total. The van der Waals surface area contributed by atoms with Gasteiger partial charge in [0.1, 0.15) is 12.4 Å². The molecule has 8 heteroatoms. The van der Waals surface area contributed by atoms with Crippen molar-refractivity contribution in [3.63, 3.8) is 0 Å². The first-order valence-electron chi connectivity index (χ1n) is 9.89. The molecule has 0 heterocycles. The molecule has 5 nitrogen and oxygen atoms in total. The quantitative estimate of drug-likeness (QED) is 0.322. The van der Waals surface area contributed by atoms with Crippen molar-refractivity contribution in [2.24, 2.45) is 0 Å². The molecule has 0 aliphatic carbocycles. The highest BCUT2D eigenvalue weighted by molar-refractivity contribution is 9.10. The lowest BCUT2D eigenvalue weighted by molar-refractivity contribution is 0.0696. The number of nitrogens with one attached hydrogen (secondary N) is 1. The van der Waals surface area contributed by atoms with Crippen LogP contribution in [0.5, 0.6) is 11.5 Å². The predicted octanol–water partition coefficient (Wildman–Crippen LogP) is 6.84. The van der Waals surface area contributed by atoms with E-state index in [-0.39, 0.29) is 17.7 Å². The molecular formula is C24H22BrClFNO4. The zero-order chi connectivity index (χ0) is 23.3. The van der Waals surface area contributed by atoms with E-state index in [1.807, 2.05) is 19.1 Å². The molecule has 0 aromatic heterocycles. The number of carbonyl (C=O) groups is 1. The van der Waals surface area contributed by atoms with Crippen LogP contribution in [0.1, 0.15) is 34.0 Å². The van der Waals surface area contributed by atoms with Gasteiger partial charge < -0.3 is 19.9 Å². The molecule has 0 saturated carbocycles. The molecule has 3 rings (SSSR count). The molecular weight excluding hydrogens is 501 g/mol. The Morgan fingerprint density at radius 2 is 1.88 bits per heavy atom. The van der Waals surface area contributed by atoms with E-state index >= 15 is 0 Å². The fourth-order valence-corrected chi connectivity index (χ4v) is 3.84. The zero-order valence-electron chi connectivity index (χ0n) is 17.5. The summed E-state index contributed by atoms with van der Waals surface area (Å²) in [7, 11) is 0. The van der Waals surface area contributed by atoms with E-state index in [2.05, 4.69) is 21.2 Å². The van der Waals surface area contributed by atoms with Gasteiger partial charge in [-0.3, -0.25) is 0 Å². The molecule has 0 unspecified atom stereocenters. The van der Waals surface area contributed by atoms with E-state index in [4.69, 9.17) is 21.1 Å². The largest absolute Gasteiger partial charge is 0.490 e. The Bertz CT molecular complexity index is 1120. The van der Waals surface area contributed by atoms with Crippen LogP contribution in [0.2, 0.25) is 5.02 Å². The molecule has 0 spiro atoms. The number of hydrogen-bond acceptors (Lipinski definition) is 4. The van der Waals surface area contributed by atoms with Gasteiger partial charge in [0, 0.05) is 22.3 Å². The third-order valence-electron chi connectivity index (χ3n) is 4.88. The summed E-state index contributed by atoms with van der Waals surface area (Å²) >= 11 is 9.64. The first-order valence-corrected chi connectivity index (χ1v) is 11.1. The van der Waals surface area contributed by atoms with Gasteiger partial charge in [-0.1, -0.05) is 39.7 Å². The van der Waals surface area contributed by atoms with Gasteiger partial charge in [-0.15, -0.1) is 0 Å². The van der Waals surface area contributed by atoms with Gasteiger partial charge in [-0.05, 0) is 61.4 Å². The van der Waals surface area contributed by atoms with Gasteiger partial charge in [-0.2, -0.15) is 0 Å². The molecule has 0 aliphatic heterocycles. The van der Waals surface area contributed by atoms with Crippen LogP contribution >= 0.6 is 27.5 Å². The van der Waals surface area contributed by atoms with Crippen LogP contribution in [-0.4, -0.2) is 17.7 Å². The maximum atomic E-state index is 14.1. The highest BCUT2D eigenvalue weighted by atomic mass is 79.9. The number of hydrogen-bond donors (Lipinski definition) is 2. The smallest absolute Gasteiger partial charge is 0.336 e. The molecule has 168 valence electrons. The van der Waals surface area contributed by atoms with Crippen LogP contribution in [0, 0.1) is 12.7 Å². The van der Waals surface area contributed by atoms with Crippen molar-refractivity contribution in [1.29, 1.82) is 0 Å². The number of carboxylic acids is 1. The lowest BCUT2D eigenvalue weighted by Gasteiger charge is -2.17. The van der Waals surface area contributed by atoms with Gasteiger partial charge in [0.15, 0.2) is 11.5 Å². The summed E-state index contributed by atoms with van der Waals surface area (Å²) in [6, 6.07) is 13.2. The van der Waals surface area contributed by atoms with E-state index < -0.39 is 11.8 Å². The number of anilines is 1. The summed E-state index contributed by atoms with van der Waals surface area (Å²) in [6.07, 6.45) is 0. The Balaban J connectivity index is 1.81. The van der Waals surface area contributed by atoms with E-state index in [9.17, 15) is 14.3 Å². The minimum absolute atomic E-state index is 0.0448. The molecule has 3 aromatic rings. The topological polar surface area (TPSA) is 67.8 Å². The Labute approximate surface area is 199 Å². The standard InChI is InChI=1S/C24H22BrClFNO4/c1-3-31-22-10-15(12-28-21-9-4-6-16(14(21)2)24(29)30)18(25)11-23(22)32-13-17-19(26)7-5-8-20(17)27/h4-11,28H,3,12-13H2,1-2H3,(H,29,30).